The molecule has 0 unspecified atom stereocenters. The van der Waals surface area contributed by atoms with Crippen LogP contribution in [-0.4, -0.2) is 0 Å². The summed E-state index contributed by atoms with van der Waals surface area (Å²) in [6.45, 7) is 0. The van der Waals surface area contributed by atoms with Crippen LogP contribution >= 0.6 is 22.7 Å². The zero-order valence-corrected chi connectivity index (χ0v) is 36.9. The van der Waals surface area contributed by atoms with Gasteiger partial charge in [-0.25, -0.2) is 0 Å². The number of nitrogens with zero attached hydrogens (tertiary/aromatic N) is 1. The molecule has 0 saturated heterocycles. The van der Waals surface area contributed by atoms with Crippen LogP contribution in [0.5, 0.6) is 0 Å². The molecule has 0 N–H and O–H groups in total. The maximum atomic E-state index is 2.56. The van der Waals surface area contributed by atoms with E-state index in [1.807, 2.05) is 22.7 Å². The SMILES string of the molecule is c1ccc(-c2ccc3c(c2)sc2c(-c4ccccc4)ccc(N(c4ccc(-c5ccc6ccc7ccccc7c6c5)cc4)c4cc(-c5ccccc5)cc5sc6ccccc6c45)c23)cc1. The van der Waals surface area contributed by atoms with Gasteiger partial charge in [0.05, 0.1) is 11.4 Å². The zero-order chi connectivity index (χ0) is 42.8. The van der Waals surface area contributed by atoms with E-state index in [1.54, 1.807) is 0 Å². The predicted molar refractivity (Wildman–Crippen MR) is 284 cm³/mol. The van der Waals surface area contributed by atoms with Crippen LogP contribution in [0.25, 0.3) is 106 Å². The summed E-state index contributed by atoms with van der Waals surface area (Å²) in [7, 11) is 0. The van der Waals surface area contributed by atoms with Gasteiger partial charge in [-0.2, -0.15) is 0 Å². The summed E-state index contributed by atoms with van der Waals surface area (Å²) in [6.07, 6.45) is 0. The van der Waals surface area contributed by atoms with Crippen LogP contribution in [0.15, 0.2) is 237 Å². The molecule has 13 rings (SSSR count). The molecule has 0 aliphatic heterocycles. The fraction of sp³-hybridized carbons (Fsp3) is 0. The van der Waals surface area contributed by atoms with Crippen molar-refractivity contribution in [3.63, 3.8) is 0 Å². The Labute approximate surface area is 385 Å². The molecule has 1 nitrogen and oxygen atoms in total. The third-order valence-corrected chi connectivity index (χ3v) is 15.3. The van der Waals surface area contributed by atoms with Crippen molar-refractivity contribution < 1.29 is 0 Å². The zero-order valence-electron chi connectivity index (χ0n) is 35.3. The normalized spacial score (nSPS) is 11.7. The van der Waals surface area contributed by atoms with Gasteiger partial charge in [-0.05, 0) is 115 Å². The first-order chi connectivity index (χ1) is 32.2. The molecule has 0 fully saturated rings. The molecule has 0 aliphatic rings. The lowest BCUT2D eigenvalue weighted by atomic mass is 9.96. The van der Waals surface area contributed by atoms with E-state index >= 15 is 0 Å². The molecule has 0 radical (unpaired) electrons. The highest BCUT2D eigenvalue weighted by molar-refractivity contribution is 7.26. The van der Waals surface area contributed by atoms with Crippen LogP contribution in [0.2, 0.25) is 0 Å². The molecule has 13 aromatic rings. The first-order valence-electron chi connectivity index (χ1n) is 22.1. The van der Waals surface area contributed by atoms with Crippen molar-refractivity contribution in [1.29, 1.82) is 0 Å². The number of hydrogen-bond donors (Lipinski definition) is 0. The topological polar surface area (TPSA) is 3.24 Å². The van der Waals surface area contributed by atoms with Gasteiger partial charge in [0, 0.05) is 46.0 Å². The van der Waals surface area contributed by atoms with Crippen molar-refractivity contribution in [2.24, 2.45) is 0 Å². The molecular formula is C62H39NS2. The second-order valence-corrected chi connectivity index (χ2v) is 19.0. The number of thiophene rings is 2. The Hall–Kier alpha value is -7.82. The molecule has 304 valence electrons. The average molecular weight is 862 g/mol. The van der Waals surface area contributed by atoms with Crippen molar-refractivity contribution in [3.05, 3.63) is 237 Å². The van der Waals surface area contributed by atoms with E-state index in [0.717, 1.165) is 17.1 Å². The molecule has 2 heterocycles. The third kappa shape index (κ3) is 6.43. The minimum atomic E-state index is 1.11. The van der Waals surface area contributed by atoms with Gasteiger partial charge >= 0.3 is 0 Å². The minimum absolute atomic E-state index is 1.11. The highest BCUT2D eigenvalue weighted by atomic mass is 32.1. The minimum Gasteiger partial charge on any atom is -0.309 e. The van der Waals surface area contributed by atoms with Crippen molar-refractivity contribution in [2.75, 3.05) is 4.90 Å². The van der Waals surface area contributed by atoms with Crippen LogP contribution in [0.4, 0.5) is 17.1 Å². The Bertz CT molecular complexity index is 3920. The number of anilines is 3. The van der Waals surface area contributed by atoms with E-state index in [0.29, 0.717) is 0 Å². The van der Waals surface area contributed by atoms with Gasteiger partial charge < -0.3 is 4.90 Å². The van der Waals surface area contributed by atoms with Gasteiger partial charge in [0.2, 0.25) is 0 Å². The lowest BCUT2D eigenvalue weighted by Crippen LogP contribution is -2.11. The first-order valence-corrected chi connectivity index (χ1v) is 23.8. The predicted octanol–water partition coefficient (Wildman–Crippen LogP) is 18.9. The maximum Gasteiger partial charge on any atom is 0.0561 e. The molecular weight excluding hydrogens is 823 g/mol. The largest absolute Gasteiger partial charge is 0.309 e. The summed E-state index contributed by atoms with van der Waals surface area (Å²) in [5.41, 5.74) is 13.1. The van der Waals surface area contributed by atoms with Crippen LogP contribution in [0, 0.1) is 0 Å². The van der Waals surface area contributed by atoms with Gasteiger partial charge in [0.25, 0.3) is 0 Å². The average Bonchev–Trinajstić information content (AvgIpc) is 3.96. The number of fused-ring (bicyclic) bond motifs is 9. The Morgan fingerprint density at radius 3 is 1.60 bits per heavy atom. The number of hydrogen-bond acceptors (Lipinski definition) is 3. The molecule has 11 aromatic carbocycles. The second-order valence-electron chi connectivity index (χ2n) is 16.8. The monoisotopic (exact) mass is 861 g/mol. The molecule has 0 bridgehead atoms. The van der Waals surface area contributed by atoms with Crippen LogP contribution in [-0.2, 0) is 0 Å². The summed E-state index contributed by atoms with van der Waals surface area (Å²) < 4.78 is 5.11. The van der Waals surface area contributed by atoms with Crippen molar-refractivity contribution >= 4 is 102 Å². The maximum absolute atomic E-state index is 2.56. The summed E-state index contributed by atoms with van der Waals surface area (Å²) in [6, 6.07) is 87.3. The van der Waals surface area contributed by atoms with Crippen LogP contribution in [0.1, 0.15) is 0 Å². The van der Waals surface area contributed by atoms with E-state index in [1.165, 1.54) is 106 Å². The summed E-state index contributed by atoms with van der Waals surface area (Å²) in [5.74, 6) is 0. The molecule has 0 amide bonds. The molecule has 0 spiro atoms. The third-order valence-electron chi connectivity index (χ3n) is 13.0. The Balaban J connectivity index is 1.09. The van der Waals surface area contributed by atoms with Crippen molar-refractivity contribution in [1.82, 2.24) is 0 Å². The van der Waals surface area contributed by atoms with Gasteiger partial charge in [-0.15, -0.1) is 22.7 Å². The van der Waals surface area contributed by atoms with E-state index < -0.39 is 0 Å². The fourth-order valence-corrected chi connectivity index (χ4v) is 12.4. The molecule has 65 heavy (non-hydrogen) atoms. The summed E-state index contributed by atoms with van der Waals surface area (Å²) >= 11 is 3.77. The standard InChI is InChI=1S/C62H39NS2/c1-4-14-40(15-5-1)47-30-33-53-58(38-47)65-62-51(43-18-8-3-9-19-43)34-35-55(61(53)62)63(56-37-48(41-16-6-2-7-17-41)39-59-60(56)52-22-12-13-23-57(52)64-59)49-31-28-42(29-32-49)46-27-26-45-25-24-44-20-10-11-21-50(44)54(45)36-46/h1-39H. The number of rotatable bonds is 7. The molecule has 2 aromatic heterocycles. The van der Waals surface area contributed by atoms with Crippen LogP contribution in [0.3, 0.4) is 0 Å². The van der Waals surface area contributed by atoms with Crippen molar-refractivity contribution in [2.45, 2.75) is 0 Å². The molecule has 0 saturated carbocycles. The number of benzene rings is 11. The smallest absolute Gasteiger partial charge is 0.0561 e. The lowest BCUT2D eigenvalue weighted by molar-refractivity contribution is 1.32. The quantitative estimate of drug-likeness (QED) is 0.144. The molecule has 0 aliphatic carbocycles. The van der Waals surface area contributed by atoms with Gasteiger partial charge in [-0.1, -0.05) is 188 Å². The van der Waals surface area contributed by atoms with E-state index in [-0.39, 0.29) is 0 Å². The van der Waals surface area contributed by atoms with E-state index in [9.17, 15) is 0 Å². The summed E-state index contributed by atoms with van der Waals surface area (Å²) in [4.78, 5) is 2.56. The van der Waals surface area contributed by atoms with Crippen molar-refractivity contribution in [3.8, 4) is 44.5 Å². The molecule has 0 atom stereocenters. The Morgan fingerprint density at radius 1 is 0.277 bits per heavy atom. The Morgan fingerprint density at radius 2 is 0.831 bits per heavy atom. The van der Waals surface area contributed by atoms with E-state index in [2.05, 4.69) is 241 Å². The van der Waals surface area contributed by atoms with Gasteiger partial charge in [0.15, 0.2) is 0 Å². The summed E-state index contributed by atoms with van der Waals surface area (Å²) in [5, 5.41) is 10.1. The van der Waals surface area contributed by atoms with E-state index in [4.69, 9.17) is 0 Å². The van der Waals surface area contributed by atoms with Gasteiger partial charge in [0.1, 0.15) is 0 Å². The molecule has 3 heteroatoms. The highest BCUT2D eigenvalue weighted by Gasteiger charge is 2.25. The highest BCUT2D eigenvalue weighted by Crippen LogP contribution is 2.52. The first kappa shape index (κ1) is 37.7. The van der Waals surface area contributed by atoms with Gasteiger partial charge in [-0.3, -0.25) is 0 Å². The second kappa shape index (κ2) is 15.5. The lowest BCUT2D eigenvalue weighted by Gasteiger charge is -2.29. The fourth-order valence-electron chi connectivity index (χ4n) is 9.90. The Kier molecular flexibility index (Phi) is 8.97. The van der Waals surface area contributed by atoms with Crippen LogP contribution < -0.4 is 4.90 Å².